The molecule has 2 aromatic rings. The number of carboxylic acid groups (broad SMARTS) is 1. The number of fused-ring (bicyclic) bond motifs is 1. The fourth-order valence-corrected chi connectivity index (χ4v) is 2.61. The lowest BCUT2D eigenvalue weighted by Gasteiger charge is -2.11. The van der Waals surface area contributed by atoms with E-state index in [9.17, 15) is 4.79 Å². The van der Waals surface area contributed by atoms with Crippen molar-refractivity contribution >= 4 is 22.8 Å². The van der Waals surface area contributed by atoms with Crippen molar-refractivity contribution in [2.45, 2.75) is 39.0 Å². The van der Waals surface area contributed by atoms with Crippen LogP contribution in [0, 0.1) is 0 Å². The summed E-state index contributed by atoms with van der Waals surface area (Å²) in [7, 11) is 0. The van der Waals surface area contributed by atoms with E-state index in [1.54, 1.807) is 6.08 Å². The van der Waals surface area contributed by atoms with E-state index in [0.717, 1.165) is 41.2 Å². The fourth-order valence-electron chi connectivity index (χ4n) is 2.61. The predicted molar refractivity (Wildman–Crippen MR) is 94.9 cm³/mol. The van der Waals surface area contributed by atoms with Crippen LogP contribution in [0.5, 0.6) is 5.75 Å². The van der Waals surface area contributed by atoms with Crippen LogP contribution in [-0.2, 0) is 4.79 Å². The topological polar surface area (TPSA) is 46.5 Å². The highest BCUT2D eigenvalue weighted by Gasteiger charge is 2.05. The Morgan fingerprint density at radius 3 is 2.52 bits per heavy atom. The maximum absolute atomic E-state index is 10.7. The van der Waals surface area contributed by atoms with Crippen molar-refractivity contribution in [1.29, 1.82) is 0 Å². The van der Waals surface area contributed by atoms with Gasteiger partial charge in [0.2, 0.25) is 0 Å². The Bertz CT molecular complexity index is 674. The average molecular weight is 312 g/mol. The van der Waals surface area contributed by atoms with Crippen molar-refractivity contribution in [2.24, 2.45) is 0 Å². The predicted octanol–water partition coefficient (Wildman–Crippen LogP) is 5.29. The van der Waals surface area contributed by atoms with Crippen LogP contribution in [-0.4, -0.2) is 17.7 Å². The largest absolute Gasteiger partial charge is 0.493 e. The molecule has 0 radical (unpaired) electrons. The summed E-state index contributed by atoms with van der Waals surface area (Å²) in [5.74, 6) is -0.0787. The molecule has 0 aromatic heterocycles. The monoisotopic (exact) mass is 312 g/mol. The van der Waals surface area contributed by atoms with Crippen LogP contribution in [0.2, 0.25) is 0 Å². The van der Waals surface area contributed by atoms with Crippen LogP contribution < -0.4 is 4.74 Å². The van der Waals surface area contributed by atoms with Crippen LogP contribution in [0.4, 0.5) is 0 Å². The third-order valence-corrected chi connectivity index (χ3v) is 3.83. The lowest BCUT2D eigenvalue weighted by atomic mass is 10.0. The zero-order valence-corrected chi connectivity index (χ0v) is 13.6. The van der Waals surface area contributed by atoms with Gasteiger partial charge in [0.15, 0.2) is 0 Å². The van der Waals surface area contributed by atoms with Gasteiger partial charge in [-0.05, 0) is 29.5 Å². The summed E-state index contributed by atoms with van der Waals surface area (Å²) in [5, 5.41) is 10.8. The Hall–Kier alpha value is -2.29. The summed E-state index contributed by atoms with van der Waals surface area (Å²) in [5.41, 5.74) is 0.887. The molecule has 2 rings (SSSR count). The summed E-state index contributed by atoms with van der Waals surface area (Å²) < 4.78 is 5.94. The van der Waals surface area contributed by atoms with Gasteiger partial charge in [-0.2, -0.15) is 0 Å². The number of carbonyl (C=O) groups is 1. The first-order chi connectivity index (χ1) is 11.2. The normalized spacial score (nSPS) is 11.2. The van der Waals surface area contributed by atoms with Crippen LogP contribution >= 0.6 is 0 Å². The number of rotatable bonds is 9. The summed E-state index contributed by atoms with van der Waals surface area (Å²) in [6, 6.07) is 11.8. The first-order valence-electron chi connectivity index (χ1n) is 8.28. The van der Waals surface area contributed by atoms with E-state index in [4.69, 9.17) is 9.84 Å². The molecule has 0 spiro atoms. The van der Waals surface area contributed by atoms with Crippen molar-refractivity contribution in [3.05, 3.63) is 48.0 Å². The minimum absolute atomic E-state index is 0.720. The minimum atomic E-state index is -0.943. The molecule has 1 N–H and O–H groups in total. The van der Waals surface area contributed by atoms with Crippen molar-refractivity contribution in [3.63, 3.8) is 0 Å². The molecule has 0 amide bonds. The van der Waals surface area contributed by atoms with Crippen molar-refractivity contribution in [2.75, 3.05) is 6.61 Å². The Labute approximate surface area is 137 Å². The molecule has 3 heteroatoms. The number of hydrogen-bond acceptors (Lipinski definition) is 2. The Morgan fingerprint density at radius 2 is 1.78 bits per heavy atom. The quantitative estimate of drug-likeness (QED) is 0.505. The zero-order valence-electron chi connectivity index (χ0n) is 13.6. The summed E-state index contributed by atoms with van der Waals surface area (Å²) >= 11 is 0. The number of hydrogen-bond donors (Lipinski definition) is 1. The average Bonchev–Trinajstić information content (AvgIpc) is 2.56. The third kappa shape index (κ3) is 5.13. The number of aliphatic carboxylic acids is 1. The van der Waals surface area contributed by atoms with Gasteiger partial charge < -0.3 is 9.84 Å². The van der Waals surface area contributed by atoms with Gasteiger partial charge >= 0.3 is 5.97 Å². The van der Waals surface area contributed by atoms with E-state index in [2.05, 4.69) is 6.92 Å². The lowest BCUT2D eigenvalue weighted by molar-refractivity contribution is -0.131. The van der Waals surface area contributed by atoms with E-state index in [1.165, 1.54) is 25.7 Å². The number of ether oxygens (including phenoxy) is 1. The van der Waals surface area contributed by atoms with Crippen LogP contribution in [0.15, 0.2) is 42.5 Å². The highest BCUT2D eigenvalue weighted by molar-refractivity contribution is 5.97. The van der Waals surface area contributed by atoms with E-state index in [-0.39, 0.29) is 0 Å². The van der Waals surface area contributed by atoms with Crippen molar-refractivity contribution in [3.8, 4) is 5.75 Å². The molecule has 0 fully saturated rings. The van der Waals surface area contributed by atoms with Gasteiger partial charge in [0, 0.05) is 11.5 Å². The zero-order chi connectivity index (χ0) is 16.5. The molecular weight excluding hydrogens is 288 g/mol. The molecule has 2 aromatic carbocycles. The first kappa shape index (κ1) is 17.1. The van der Waals surface area contributed by atoms with Gasteiger partial charge in [-0.15, -0.1) is 0 Å². The van der Waals surface area contributed by atoms with Gasteiger partial charge in [-0.3, -0.25) is 0 Å². The van der Waals surface area contributed by atoms with Crippen molar-refractivity contribution in [1.82, 2.24) is 0 Å². The molecule has 3 nitrogen and oxygen atoms in total. The van der Waals surface area contributed by atoms with Crippen LogP contribution in [0.25, 0.3) is 16.8 Å². The van der Waals surface area contributed by atoms with Crippen LogP contribution in [0.3, 0.4) is 0 Å². The molecule has 0 unspecified atom stereocenters. The lowest BCUT2D eigenvalue weighted by Crippen LogP contribution is -1.98. The summed E-state index contributed by atoms with van der Waals surface area (Å²) in [6.07, 6.45) is 8.85. The molecule has 0 atom stereocenters. The second-order valence-electron chi connectivity index (χ2n) is 5.63. The Balaban J connectivity index is 2.10. The second kappa shape index (κ2) is 8.99. The summed E-state index contributed by atoms with van der Waals surface area (Å²) in [4.78, 5) is 10.7. The summed E-state index contributed by atoms with van der Waals surface area (Å²) in [6.45, 7) is 2.93. The number of carboxylic acids is 1. The molecule has 0 saturated carbocycles. The smallest absolute Gasteiger partial charge is 0.328 e. The molecular formula is C20H24O3. The van der Waals surface area contributed by atoms with E-state index >= 15 is 0 Å². The standard InChI is InChI=1S/C20H24O3/c1-2-3-4-5-8-15-23-19-13-11-16(12-14-20(21)22)17-9-6-7-10-18(17)19/h6-7,9-14H,2-5,8,15H2,1H3,(H,21,22)/b14-12+. The van der Waals surface area contributed by atoms with Gasteiger partial charge in [-0.1, -0.05) is 62.9 Å². The second-order valence-corrected chi connectivity index (χ2v) is 5.63. The van der Waals surface area contributed by atoms with E-state index < -0.39 is 5.97 Å². The number of unbranched alkanes of at least 4 members (excludes halogenated alkanes) is 4. The SMILES string of the molecule is CCCCCCCOc1ccc(/C=C/C(=O)O)c2ccccc12. The third-order valence-electron chi connectivity index (χ3n) is 3.83. The van der Waals surface area contributed by atoms with Gasteiger partial charge in [0.25, 0.3) is 0 Å². The van der Waals surface area contributed by atoms with E-state index in [1.807, 2.05) is 36.4 Å². The minimum Gasteiger partial charge on any atom is -0.493 e. The maximum Gasteiger partial charge on any atom is 0.328 e. The molecule has 0 aliphatic heterocycles. The molecule has 23 heavy (non-hydrogen) atoms. The van der Waals surface area contributed by atoms with Gasteiger partial charge in [0.1, 0.15) is 5.75 Å². The Kier molecular flexibility index (Phi) is 6.67. The Morgan fingerprint density at radius 1 is 1.04 bits per heavy atom. The van der Waals surface area contributed by atoms with Gasteiger partial charge in [0.05, 0.1) is 6.61 Å². The molecule has 0 bridgehead atoms. The molecule has 0 heterocycles. The molecule has 0 saturated heterocycles. The highest BCUT2D eigenvalue weighted by Crippen LogP contribution is 2.29. The maximum atomic E-state index is 10.7. The fraction of sp³-hybridized carbons (Fsp3) is 0.350. The van der Waals surface area contributed by atoms with Gasteiger partial charge in [-0.25, -0.2) is 4.79 Å². The first-order valence-corrected chi connectivity index (χ1v) is 8.28. The van der Waals surface area contributed by atoms with Crippen LogP contribution in [0.1, 0.15) is 44.6 Å². The molecule has 0 aliphatic carbocycles. The number of benzene rings is 2. The molecule has 122 valence electrons. The van der Waals surface area contributed by atoms with E-state index in [0.29, 0.717) is 0 Å². The highest BCUT2D eigenvalue weighted by atomic mass is 16.5. The van der Waals surface area contributed by atoms with Crippen molar-refractivity contribution < 1.29 is 14.6 Å². The molecule has 0 aliphatic rings.